The molecule has 0 fully saturated rings. The van der Waals surface area contributed by atoms with Gasteiger partial charge in [0.1, 0.15) is 4.87 Å². The molecule has 0 saturated carbocycles. The Labute approximate surface area is 55.0 Å². The van der Waals surface area contributed by atoms with Crippen molar-refractivity contribution in [1.29, 1.82) is 0 Å². The van der Waals surface area contributed by atoms with Gasteiger partial charge in [0.25, 0.3) is 10.1 Å². The molecular weight excluding hydrogens is 142 g/mol. The van der Waals surface area contributed by atoms with Crippen LogP contribution in [0.2, 0.25) is 0 Å². The lowest BCUT2D eigenvalue weighted by molar-refractivity contribution is 0.421. The van der Waals surface area contributed by atoms with E-state index in [1.165, 1.54) is 20.9 Å². The Balaban J connectivity index is 4.56. The Hall–Kier alpha value is -0.130. The van der Waals surface area contributed by atoms with Crippen LogP contribution in [0.3, 0.4) is 0 Å². The molecule has 0 amide bonds. The Bertz CT molecular complexity index is 182. The zero-order valence-corrected chi connectivity index (χ0v) is 6.49. The largest absolute Gasteiger partial charge is 0.300 e. The molecule has 0 aliphatic carbocycles. The SMILES string of the molecule is CNC(C)(C)S(=O)(=O)O. The van der Waals surface area contributed by atoms with E-state index in [2.05, 4.69) is 5.32 Å². The summed E-state index contributed by atoms with van der Waals surface area (Å²) in [5, 5.41) is 2.44. The van der Waals surface area contributed by atoms with Gasteiger partial charge in [-0.1, -0.05) is 0 Å². The smallest absolute Gasteiger partial charge is 0.283 e. The average molecular weight is 153 g/mol. The first-order chi connectivity index (χ1) is 3.81. The lowest BCUT2D eigenvalue weighted by Crippen LogP contribution is -2.43. The summed E-state index contributed by atoms with van der Waals surface area (Å²) in [4.78, 5) is -1.24. The van der Waals surface area contributed by atoms with Crippen molar-refractivity contribution in [3.63, 3.8) is 0 Å². The molecule has 0 aliphatic rings. The normalized spacial score (nSPS) is 13.8. The minimum Gasteiger partial charge on any atom is -0.300 e. The fourth-order valence-corrected chi connectivity index (χ4v) is 0.387. The topological polar surface area (TPSA) is 66.4 Å². The maximum Gasteiger partial charge on any atom is 0.283 e. The van der Waals surface area contributed by atoms with E-state index in [0.717, 1.165) is 0 Å². The van der Waals surface area contributed by atoms with Gasteiger partial charge in [0, 0.05) is 0 Å². The van der Waals surface area contributed by atoms with Crippen molar-refractivity contribution in [2.24, 2.45) is 0 Å². The van der Waals surface area contributed by atoms with Crippen molar-refractivity contribution in [2.75, 3.05) is 7.05 Å². The molecule has 0 aliphatic heterocycles. The summed E-state index contributed by atoms with van der Waals surface area (Å²) in [5.41, 5.74) is 0. The molecule has 2 N–H and O–H groups in total. The van der Waals surface area contributed by atoms with Gasteiger partial charge in [0.15, 0.2) is 0 Å². The Kier molecular flexibility index (Phi) is 2.21. The Morgan fingerprint density at radius 2 is 1.78 bits per heavy atom. The third-order valence-electron chi connectivity index (χ3n) is 1.25. The molecule has 56 valence electrons. The van der Waals surface area contributed by atoms with Crippen LogP contribution in [0, 0.1) is 0 Å². The fourth-order valence-electron chi connectivity index (χ4n) is 0.129. The van der Waals surface area contributed by atoms with Crippen LogP contribution >= 0.6 is 0 Å². The van der Waals surface area contributed by atoms with Crippen molar-refractivity contribution < 1.29 is 13.0 Å². The first kappa shape index (κ1) is 8.87. The number of hydrogen-bond acceptors (Lipinski definition) is 3. The molecule has 0 atom stereocenters. The highest BCUT2D eigenvalue weighted by Crippen LogP contribution is 2.07. The molecule has 0 aromatic carbocycles. The number of nitrogens with one attached hydrogen (secondary N) is 1. The summed E-state index contributed by atoms with van der Waals surface area (Å²) in [7, 11) is -2.50. The summed E-state index contributed by atoms with van der Waals surface area (Å²) < 4.78 is 29.2. The van der Waals surface area contributed by atoms with Crippen molar-refractivity contribution in [3.05, 3.63) is 0 Å². The second kappa shape index (κ2) is 2.24. The maximum absolute atomic E-state index is 10.4. The standard InChI is InChI=1S/C4H11NO3S/c1-4(2,5-3)9(6,7)8/h5H,1-3H3,(H,6,7,8). The molecule has 0 unspecified atom stereocenters. The number of rotatable bonds is 2. The Morgan fingerprint density at radius 3 is 1.78 bits per heavy atom. The molecular formula is C4H11NO3S. The van der Waals surface area contributed by atoms with Crippen molar-refractivity contribution >= 4 is 10.1 Å². The minimum atomic E-state index is -3.96. The van der Waals surface area contributed by atoms with Gasteiger partial charge in [-0.25, -0.2) is 0 Å². The van der Waals surface area contributed by atoms with Gasteiger partial charge in [-0.05, 0) is 20.9 Å². The quantitative estimate of drug-likeness (QED) is 0.540. The van der Waals surface area contributed by atoms with Gasteiger partial charge in [0.2, 0.25) is 0 Å². The van der Waals surface area contributed by atoms with E-state index in [-0.39, 0.29) is 0 Å². The van der Waals surface area contributed by atoms with Crippen LogP contribution in [0.4, 0.5) is 0 Å². The van der Waals surface area contributed by atoms with Gasteiger partial charge in [-0.3, -0.25) is 4.55 Å². The van der Waals surface area contributed by atoms with Crippen LogP contribution in [0.25, 0.3) is 0 Å². The summed E-state index contributed by atoms with van der Waals surface area (Å²) >= 11 is 0. The van der Waals surface area contributed by atoms with Crippen LogP contribution in [0.15, 0.2) is 0 Å². The van der Waals surface area contributed by atoms with Crippen LogP contribution in [-0.4, -0.2) is 24.9 Å². The zero-order chi connectivity index (χ0) is 7.71. The predicted molar refractivity (Wildman–Crippen MR) is 34.7 cm³/mol. The number of hydrogen-bond donors (Lipinski definition) is 2. The molecule has 9 heavy (non-hydrogen) atoms. The van der Waals surface area contributed by atoms with Gasteiger partial charge >= 0.3 is 0 Å². The molecule has 0 bridgehead atoms. The molecule has 5 heteroatoms. The summed E-state index contributed by atoms with van der Waals surface area (Å²) in [6.07, 6.45) is 0. The van der Waals surface area contributed by atoms with Crippen molar-refractivity contribution in [1.82, 2.24) is 5.32 Å². The molecule has 4 nitrogen and oxygen atoms in total. The maximum atomic E-state index is 10.4. The van der Waals surface area contributed by atoms with Crippen molar-refractivity contribution in [2.45, 2.75) is 18.7 Å². The molecule has 0 radical (unpaired) electrons. The van der Waals surface area contributed by atoms with E-state index in [1.807, 2.05) is 0 Å². The second-order valence-electron chi connectivity index (χ2n) is 2.24. The molecule has 0 saturated heterocycles. The van der Waals surface area contributed by atoms with E-state index in [0.29, 0.717) is 0 Å². The summed E-state index contributed by atoms with van der Waals surface area (Å²) in [6, 6.07) is 0. The van der Waals surface area contributed by atoms with Gasteiger partial charge in [0.05, 0.1) is 0 Å². The highest BCUT2D eigenvalue weighted by molar-refractivity contribution is 7.87. The summed E-state index contributed by atoms with van der Waals surface area (Å²) in [6.45, 7) is 2.75. The predicted octanol–water partition coefficient (Wildman–Crippen LogP) is -0.170. The highest BCUT2D eigenvalue weighted by atomic mass is 32.2. The van der Waals surface area contributed by atoms with Gasteiger partial charge in [-0.2, -0.15) is 8.42 Å². The third-order valence-corrected chi connectivity index (χ3v) is 2.74. The highest BCUT2D eigenvalue weighted by Gasteiger charge is 2.29. The van der Waals surface area contributed by atoms with E-state index in [9.17, 15) is 8.42 Å². The lowest BCUT2D eigenvalue weighted by atomic mass is 10.4. The van der Waals surface area contributed by atoms with Crippen LogP contribution < -0.4 is 5.32 Å². The van der Waals surface area contributed by atoms with Crippen LogP contribution in [-0.2, 0) is 10.1 Å². The third kappa shape index (κ3) is 1.92. The monoisotopic (exact) mass is 153 g/mol. The molecule has 0 rings (SSSR count). The minimum absolute atomic E-state index is 1.24. The van der Waals surface area contributed by atoms with Crippen molar-refractivity contribution in [3.8, 4) is 0 Å². The van der Waals surface area contributed by atoms with Gasteiger partial charge in [-0.15, -0.1) is 0 Å². The Morgan fingerprint density at radius 1 is 1.44 bits per heavy atom. The molecule has 0 heterocycles. The molecule has 0 spiro atoms. The molecule has 0 aromatic rings. The van der Waals surface area contributed by atoms with E-state index >= 15 is 0 Å². The molecule has 0 aromatic heterocycles. The van der Waals surface area contributed by atoms with E-state index < -0.39 is 15.0 Å². The first-order valence-electron chi connectivity index (χ1n) is 2.47. The first-order valence-corrected chi connectivity index (χ1v) is 3.91. The lowest BCUT2D eigenvalue weighted by Gasteiger charge is -2.18. The van der Waals surface area contributed by atoms with Crippen LogP contribution in [0.5, 0.6) is 0 Å². The zero-order valence-electron chi connectivity index (χ0n) is 5.67. The van der Waals surface area contributed by atoms with Crippen LogP contribution in [0.1, 0.15) is 13.8 Å². The van der Waals surface area contributed by atoms with E-state index in [4.69, 9.17) is 4.55 Å². The average Bonchev–Trinajstić information content (AvgIpc) is 1.64. The van der Waals surface area contributed by atoms with E-state index in [1.54, 1.807) is 0 Å². The fraction of sp³-hybridized carbons (Fsp3) is 1.00. The van der Waals surface area contributed by atoms with Gasteiger partial charge < -0.3 is 5.32 Å². The second-order valence-corrected chi connectivity index (χ2v) is 4.21. The summed E-state index contributed by atoms with van der Waals surface area (Å²) in [5.74, 6) is 0.